The van der Waals surface area contributed by atoms with Crippen LogP contribution in [0, 0.1) is 0 Å². The third kappa shape index (κ3) is 5.82. The summed E-state index contributed by atoms with van der Waals surface area (Å²) >= 11 is 1.86. The van der Waals surface area contributed by atoms with Gasteiger partial charge in [0.1, 0.15) is 0 Å². The highest BCUT2D eigenvalue weighted by atomic mass is 32.1. The van der Waals surface area contributed by atoms with Crippen molar-refractivity contribution >= 4 is 48.6 Å². The highest BCUT2D eigenvalue weighted by Gasteiger charge is 2.35. The summed E-state index contributed by atoms with van der Waals surface area (Å²) in [5.41, 5.74) is 18.4. The first kappa shape index (κ1) is 35.2. The lowest BCUT2D eigenvalue weighted by atomic mass is 9.82. The van der Waals surface area contributed by atoms with Crippen molar-refractivity contribution in [1.82, 2.24) is 0 Å². The van der Waals surface area contributed by atoms with Gasteiger partial charge in [0.25, 0.3) is 0 Å². The Labute approximate surface area is 350 Å². The lowest BCUT2D eigenvalue weighted by Gasteiger charge is -2.30. The third-order valence-electron chi connectivity index (χ3n) is 12.3. The Bertz CT molecular complexity index is 3170. The van der Waals surface area contributed by atoms with E-state index in [4.69, 9.17) is 0 Å². The van der Waals surface area contributed by atoms with Crippen LogP contribution in [0.2, 0.25) is 0 Å². The molecule has 1 aromatic heterocycles. The first-order valence-corrected chi connectivity index (χ1v) is 21.2. The smallest absolute Gasteiger partial charge is 0.0555 e. The molecular formula is C57H41NS. The Hall–Kier alpha value is -7.00. The van der Waals surface area contributed by atoms with E-state index in [9.17, 15) is 0 Å². The quantitative estimate of drug-likeness (QED) is 0.156. The number of fused-ring (bicyclic) bond motifs is 6. The maximum Gasteiger partial charge on any atom is 0.0555 e. The topological polar surface area (TPSA) is 3.24 Å². The summed E-state index contributed by atoms with van der Waals surface area (Å²) < 4.78 is 2.57. The third-order valence-corrected chi connectivity index (χ3v) is 13.4. The van der Waals surface area contributed by atoms with Crippen molar-refractivity contribution in [1.29, 1.82) is 0 Å². The van der Waals surface area contributed by atoms with E-state index in [0.717, 1.165) is 17.1 Å². The normalized spacial score (nSPS) is 12.7. The predicted molar refractivity (Wildman–Crippen MR) is 253 cm³/mol. The second-order valence-corrected chi connectivity index (χ2v) is 17.1. The molecule has 11 rings (SSSR count). The Morgan fingerprint density at radius 1 is 0.373 bits per heavy atom. The van der Waals surface area contributed by atoms with E-state index in [1.165, 1.54) is 86.9 Å². The predicted octanol–water partition coefficient (Wildman–Crippen LogP) is 16.5. The first-order chi connectivity index (χ1) is 29.0. The second-order valence-electron chi connectivity index (χ2n) is 16.0. The minimum Gasteiger partial charge on any atom is -0.309 e. The molecule has 2 heteroatoms. The molecule has 0 saturated carbocycles. The maximum atomic E-state index is 2.51. The van der Waals surface area contributed by atoms with Crippen LogP contribution >= 0.6 is 11.3 Å². The van der Waals surface area contributed by atoms with Crippen LogP contribution < -0.4 is 4.90 Å². The van der Waals surface area contributed by atoms with E-state index in [2.05, 4.69) is 231 Å². The molecule has 0 amide bonds. The van der Waals surface area contributed by atoms with Crippen LogP contribution in [0.3, 0.4) is 0 Å². The number of thiophene rings is 1. The van der Waals surface area contributed by atoms with Crippen LogP contribution in [-0.2, 0) is 5.41 Å². The molecule has 0 spiro atoms. The molecule has 0 radical (unpaired) electrons. The van der Waals surface area contributed by atoms with E-state index >= 15 is 0 Å². The van der Waals surface area contributed by atoms with E-state index in [1.54, 1.807) is 0 Å². The van der Waals surface area contributed by atoms with Gasteiger partial charge in [-0.25, -0.2) is 0 Å². The number of rotatable bonds is 7. The van der Waals surface area contributed by atoms with Crippen LogP contribution in [0.15, 0.2) is 212 Å². The van der Waals surface area contributed by atoms with Gasteiger partial charge in [0.05, 0.1) is 11.4 Å². The minimum absolute atomic E-state index is 0.0210. The molecule has 0 bridgehead atoms. The standard InChI is InChI=1S/C57H41NS/c1-57(2)49-26-13-11-22-45(49)48-37-41(33-36-50(48)57)38-31-34-42(35-32-38)58(52-28-16-30-54-56(52)47-24-12-14-29-53(47)59-54)51-27-15-25-44(40-19-7-4-8-20-40)55(51)46-23-10-9-21-43(46)39-17-5-3-6-18-39/h3-37H,1-2H3. The fraction of sp³-hybridized carbons (Fsp3) is 0.0526. The average Bonchev–Trinajstić information content (AvgIpc) is 3.79. The van der Waals surface area contributed by atoms with Crippen LogP contribution in [-0.4, -0.2) is 0 Å². The SMILES string of the molecule is CC1(C)c2ccccc2-c2cc(-c3ccc(N(c4cccc(-c5ccccc5)c4-c4ccccc4-c4ccccc4)c4cccc5sc6ccccc6c45)cc3)ccc21. The van der Waals surface area contributed by atoms with Gasteiger partial charge in [-0.3, -0.25) is 0 Å². The maximum absolute atomic E-state index is 2.51. The molecule has 0 saturated heterocycles. The van der Waals surface area contributed by atoms with Gasteiger partial charge in [0.15, 0.2) is 0 Å². The molecule has 280 valence electrons. The van der Waals surface area contributed by atoms with E-state index in [1.807, 2.05) is 11.3 Å². The number of hydrogen-bond donors (Lipinski definition) is 0. The van der Waals surface area contributed by atoms with Gasteiger partial charge in [-0.15, -0.1) is 11.3 Å². The lowest BCUT2D eigenvalue weighted by Crippen LogP contribution is -2.14. The van der Waals surface area contributed by atoms with Crippen molar-refractivity contribution in [2.45, 2.75) is 19.3 Å². The monoisotopic (exact) mass is 771 g/mol. The zero-order chi connectivity index (χ0) is 39.5. The summed E-state index contributed by atoms with van der Waals surface area (Å²) in [5.74, 6) is 0. The summed E-state index contributed by atoms with van der Waals surface area (Å²) in [6, 6.07) is 78.2. The molecule has 0 unspecified atom stereocenters. The van der Waals surface area contributed by atoms with Gasteiger partial charge in [0.2, 0.25) is 0 Å². The first-order valence-electron chi connectivity index (χ1n) is 20.4. The van der Waals surface area contributed by atoms with Gasteiger partial charge in [0, 0.05) is 36.8 Å². The molecule has 1 heterocycles. The van der Waals surface area contributed by atoms with Crippen molar-refractivity contribution in [3.05, 3.63) is 223 Å². The highest BCUT2D eigenvalue weighted by Crippen LogP contribution is 2.52. The Kier molecular flexibility index (Phi) is 8.43. The molecule has 0 N–H and O–H groups in total. The fourth-order valence-electron chi connectivity index (χ4n) is 9.49. The molecule has 0 atom stereocenters. The summed E-state index contributed by atoms with van der Waals surface area (Å²) in [6.45, 7) is 4.69. The number of benzene rings is 9. The summed E-state index contributed by atoms with van der Waals surface area (Å²) in [5, 5.41) is 2.54. The minimum atomic E-state index is -0.0210. The Balaban J connectivity index is 1.15. The van der Waals surface area contributed by atoms with Gasteiger partial charge in [-0.2, -0.15) is 0 Å². The summed E-state index contributed by atoms with van der Waals surface area (Å²) in [4.78, 5) is 2.51. The van der Waals surface area contributed by atoms with Crippen LogP contribution in [0.5, 0.6) is 0 Å². The molecule has 0 fully saturated rings. The van der Waals surface area contributed by atoms with Gasteiger partial charge < -0.3 is 4.90 Å². The molecule has 0 aliphatic heterocycles. The number of hydrogen-bond acceptors (Lipinski definition) is 2. The molecule has 1 aliphatic rings. The van der Waals surface area contributed by atoms with Crippen molar-refractivity contribution < 1.29 is 0 Å². The zero-order valence-electron chi connectivity index (χ0n) is 33.1. The highest BCUT2D eigenvalue weighted by molar-refractivity contribution is 7.26. The van der Waals surface area contributed by atoms with E-state index in [-0.39, 0.29) is 5.41 Å². The van der Waals surface area contributed by atoms with Crippen molar-refractivity contribution in [3.8, 4) is 55.6 Å². The Morgan fingerprint density at radius 2 is 0.932 bits per heavy atom. The molecule has 1 aliphatic carbocycles. The van der Waals surface area contributed by atoms with E-state index < -0.39 is 0 Å². The van der Waals surface area contributed by atoms with Gasteiger partial charge in [-0.05, 0) is 104 Å². The van der Waals surface area contributed by atoms with Crippen molar-refractivity contribution in [2.75, 3.05) is 4.90 Å². The molecule has 1 nitrogen and oxygen atoms in total. The van der Waals surface area contributed by atoms with Crippen LogP contribution in [0.1, 0.15) is 25.0 Å². The zero-order valence-corrected chi connectivity index (χ0v) is 33.9. The van der Waals surface area contributed by atoms with Gasteiger partial charge in [-0.1, -0.05) is 184 Å². The summed E-state index contributed by atoms with van der Waals surface area (Å²) in [6.07, 6.45) is 0. The average molecular weight is 772 g/mol. The lowest BCUT2D eigenvalue weighted by molar-refractivity contribution is 0.660. The molecule has 9 aromatic carbocycles. The van der Waals surface area contributed by atoms with Crippen molar-refractivity contribution in [2.24, 2.45) is 0 Å². The molecule has 59 heavy (non-hydrogen) atoms. The largest absolute Gasteiger partial charge is 0.309 e. The van der Waals surface area contributed by atoms with Crippen LogP contribution in [0.25, 0.3) is 75.8 Å². The summed E-state index contributed by atoms with van der Waals surface area (Å²) in [7, 11) is 0. The van der Waals surface area contributed by atoms with E-state index in [0.29, 0.717) is 0 Å². The van der Waals surface area contributed by atoms with Crippen LogP contribution in [0.4, 0.5) is 17.1 Å². The number of anilines is 3. The Morgan fingerprint density at radius 3 is 1.71 bits per heavy atom. The second kappa shape index (κ2) is 14.1. The van der Waals surface area contributed by atoms with Gasteiger partial charge >= 0.3 is 0 Å². The number of nitrogens with zero attached hydrogens (tertiary/aromatic N) is 1. The fourth-order valence-corrected chi connectivity index (χ4v) is 10.6. The van der Waals surface area contributed by atoms with Crippen molar-refractivity contribution in [3.63, 3.8) is 0 Å². The molecule has 10 aromatic rings. The molecular weight excluding hydrogens is 731 g/mol.